The highest BCUT2D eigenvalue weighted by Crippen LogP contribution is 2.07. The van der Waals surface area contributed by atoms with Gasteiger partial charge in [0.1, 0.15) is 0 Å². The molecule has 64 valence electrons. The molecule has 0 fully saturated rings. The summed E-state index contributed by atoms with van der Waals surface area (Å²) in [6, 6.07) is 0. The quantitative estimate of drug-likeness (QED) is 0.475. The van der Waals surface area contributed by atoms with Crippen LogP contribution in [0.4, 0.5) is 0 Å². The van der Waals surface area contributed by atoms with E-state index in [0.717, 1.165) is 18.8 Å². The molecule has 0 radical (unpaired) electrons. The molecule has 0 aliphatic rings. The molecular formula is C9H16OS. The van der Waals surface area contributed by atoms with Crippen molar-refractivity contribution in [1.82, 2.24) is 0 Å². The second-order valence-electron chi connectivity index (χ2n) is 2.18. The lowest BCUT2D eigenvalue weighted by atomic mass is 10.4. The molecular weight excluding hydrogens is 156 g/mol. The van der Waals surface area contributed by atoms with Crippen LogP contribution in [0, 0.1) is 11.8 Å². The van der Waals surface area contributed by atoms with E-state index in [1.54, 1.807) is 7.11 Å². The van der Waals surface area contributed by atoms with Crippen molar-refractivity contribution in [2.24, 2.45) is 0 Å². The van der Waals surface area contributed by atoms with Gasteiger partial charge >= 0.3 is 0 Å². The molecule has 0 N–H and O–H groups in total. The van der Waals surface area contributed by atoms with E-state index in [-0.39, 0.29) is 0 Å². The van der Waals surface area contributed by atoms with E-state index in [9.17, 15) is 0 Å². The van der Waals surface area contributed by atoms with Gasteiger partial charge in [-0.2, -0.15) is 0 Å². The van der Waals surface area contributed by atoms with E-state index in [1.165, 1.54) is 0 Å². The van der Waals surface area contributed by atoms with Gasteiger partial charge in [0.05, 0.1) is 11.9 Å². The fraction of sp³-hybridized carbons (Fsp3) is 0.778. The van der Waals surface area contributed by atoms with Crippen LogP contribution in [0.2, 0.25) is 0 Å². The lowest BCUT2D eigenvalue weighted by Crippen LogP contribution is -1.98. The van der Waals surface area contributed by atoms with Crippen molar-refractivity contribution in [2.45, 2.75) is 25.5 Å². The maximum Gasteiger partial charge on any atom is 0.0629 e. The number of thioether (sulfide) groups is 1. The van der Waals surface area contributed by atoms with Crippen LogP contribution in [-0.2, 0) is 4.74 Å². The predicted octanol–water partition coefficient (Wildman–Crippen LogP) is 2.17. The van der Waals surface area contributed by atoms with Crippen molar-refractivity contribution in [3.8, 4) is 11.8 Å². The summed E-state index contributed by atoms with van der Waals surface area (Å²) >= 11 is 1.84. The fourth-order valence-corrected chi connectivity index (χ4v) is 1.38. The van der Waals surface area contributed by atoms with Gasteiger partial charge in [0.25, 0.3) is 0 Å². The minimum absolute atomic E-state index is 0.449. The van der Waals surface area contributed by atoms with Crippen LogP contribution >= 0.6 is 11.8 Å². The summed E-state index contributed by atoms with van der Waals surface area (Å²) in [5.41, 5.74) is 0. The Morgan fingerprint density at radius 2 is 2.27 bits per heavy atom. The number of methoxy groups -OCH3 is 1. The molecule has 0 aromatic carbocycles. The van der Waals surface area contributed by atoms with Gasteiger partial charge in [0.15, 0.2) is 0 Å². The molecule has 0 saturated heterocycles. The number of rotatable bonds is 4. The summed E-state index contributed by atoms with van der Waals surface area (Å²) in [6.07, 6.45) is 0.954. The fourth-order valence-electron chi connectivity index (χ4n) is 0.596. The second kappa shape index (κ2) is 7.97. The summed E-state index contributed by atoms with van der Waals surface area (Å²) in [6.45, 7) is 5.02. The molecule has 0 spiro atoms. The number of hydrogen-bond donors (Lipinski definition) is 0. The van der Waals surface area contributed by atoms with Crippen molar-refractivity contribution >= 4 is 11.8 Å². The zero-order valence-corrected chi connectivity index (χ0v) is 8.33. The van der Waals surface area contributed by atoms with Gasteiger partial charge in [-0.05, 0) is 6.92 Å². The van der Waals surface area contributed by atoms with E-state index in [1.807, 2.05) is 11.8 Å². The molecule has 0 heterocycles. The van der Waals surface area contributed by atoms with Crippen LogP contribution in [0.1, 0.15) is 20.3 Å². The second-order valence-corrected chi connectivity index (χ2v) is 3.63. The lowest BCUT2D eigenvalue weighted by molar-refractivity contribution is 0.218. The zero-order chi connectivity index (χ0) is 8.53. The average molecular weight is 172 g/mol. The van der Waals surface area contributed by atoms with Crippen molar-refractivity contribution in [3.05, 3.63) is 0 Å². The Balaban J connectivity index is 3.29. The summed E-state index contributed by atoms with van der Waals surface area (Å²) in [7, 11) is 1.73. The molecule has 1 atom stereocenters. The van der Waals surface area contributed by atoms with E-state index in [4.69, 9.17) is 4.74 Å². The normalized spacial score (nSPS) is 11.9. The van der Waals surface area contributed by atoms with Crippen LogP contribution in [0.15, 0.2) is 0 Å². The Hall–Kier alpha value is -0.130. The van der Waals surface area contributed by atoms with Crippen LogP contribution in [0.5, 0.6) is 0 Å². The molecule has 0 aliphatic heterocycles. The van der Waals surface area contributed by atoms with Crippen LogP contribution in [0.25, 0.3) is 0 Å². The maximum absolute atomic E-state index is 4.93. The lowest BCUT2D eigenvalue weighted by Gasteiger charge is -2.01. The van der Waals surface area contributed by atoms with E-state index in [2.05, 4.69) is 25.7 Å². The predicted molar refractivity (Wildman–Crippen MR) is 51.9 cm³/mol. The molecule has 0 bridgehead atoms. The first kappa shape index (κ1) is 10.9. The van der Waals surface area contributed by atoms with Gasteiger partial charge in [-0.25, -0.2) is 0 Å². The van der Waals surface area contributed by atoms with E-state index < -0.39 is 0 Å². The van der Waals surface area contributed by atoms with Crippen LogP contribution in [0.3, 0.4) is 0 Å². The number of hydrogen-bond acceptors (Lipinski definition) is 2. The monoisotopic (exact) mass is 172 g/mol. The summed E-state index contributed by atoms with van der Waals surface area (Å²) < 4.78 is 4.93. The van der Waals surface area contributed by atoms with Crippen molar-refractivity contribution in [3.63, 3.8) is 0 Å². The standard InChI is InChI=1S/C9H16OS/c1-4-5-6-9(2)11-8-7-10-3/h9H,4,7-8H2,1-3H3. The SMILES string of the molecule is CCC#CC(C)SCCOC. The molecule has 0 saturated carbocycles. The Bertz CT molecular complexity index is 134. The third kappa shape index (κ3) is 7.77. The third-order valence-corrected chi connectivity index (χ3v) is 2.16. The minimum Gasteiger partial charge on any atom is -0.384 e. The van der Waals surface area contributed by atoms with Gasteiger partial charge in [-0.1, -0.05) is 12.8 Å². The first-order valence-corrected chi connectivity index (χ1v) is 4.95. The Kier molecular flexibility index (Phi) is 7.88. The van der Waals surface area contributed by atoms with Gasteiger partial charge in [0.2, 0.25) is 0 Å². The first-order chi connectivity index (χ1) is 5.31. The van der Waals surface area contributed by atoms with Crippen molar-refractivity contribution < 1.29 is 4.74 Å². The highest BCUT2D eigenvalue weighted by Gasteiger charge is 1.95. The summed E-state index contributed by atoms with van der Waals surface area (Å²) in [5.74, 6) is 7.25. The highest BCUT2D eigenvalue weighted by molar-refractivity contribution is 8.00. The van der Waals surface area contributed by atoms with Gasteiger partial charge in [-0.15, -0.1) is 17.7 Å². The molecule has 0 aromatic rings. The van der Waals surface area contributed by atoms with Gasteiger partial charge < -0.3 is 4.74 Å². The molecule has 0 amide bonds. The highest BCUT2D eigenvalue weighted by atomic mass is 32.2. The third-order valence-electron chi connectivity index (χ3n) is 1.14. The van der Waals surface area contributed by atoms with Crippen molar-refractivity contribution in [2.75, 3.05) is 19.5 Å². The first-order valence-electron chi connectivity index (χ1n) is 3.90. The smallest absolute Gasteiger partial charge is 0.0629 e. The number of ether oxygens (including phenoxy) is 1. The molecule has 2 heteroatoms. The maximum atomic E-state index is 4.93. The molecule has 1 nitrogen and oxygen atoms in total. The molecule has 1 unspecified atom stereocenters. The van der Waals surface area contributed by atoms with E-state index in [0.29, 0.717) is 5.25 Å². The summed E-state index contributed by atoms with van der Waals surface area (Å²) in [5, 5.41) is 0.449. The molecule has 0 aromatic heterocycles. The Morgan fingerprint density at radius 3 is 2.82 bits per heavy atom. The van der Waals surface area contributed by atoms with E-state index >= 15 is 0 Å². The topological polar surface area (TPSA) is 9.23 Å². The molecule has 0 rings (SSSR count). The zero-order valence-electron chi connectivity index (χ0n) is 7.52. The molecule has 0 aliphatic carbocycles. The average Bonchev–Trinajstić information content (AvgIpc) is 2.01. The Morgan fingerprint density at radius 1 is 1.55 bits per heavy atom. The van der Waals surface area contributed by atoms with Crippen molar-refractivity contribution in [1.29, 1.82) is 0 Å². The largest absolute Gasteiger partial charge is 0.384 e. The molecule has 11 heavy (non-hydrogen) atoms. The van der Waals surface area contributed by atoms with Crippen LogP contribution < -0.4 is 0 Å². The Labute approximate surface area is 73.9 Å². The minimum atomic E-state index is 0.449. The van der Waals surface area contributed by atoms with Gasteiger partial charge in [0, 0.05) is 19.3 Å². The summed E-state index contributed by atoms with van der Waals surface area (Å²) in [4.78, 5) is 0. The van der Waals surface area contributed by atoms with Gasteiger partial charge in [-0.3, -0.25) is 0 Å². The van der Waals surface area contributed by atoms with Crippen LogP contribution in [-0.4, -0.2) is 24.7 Å².